The largest absolute Gasteiger partial charge is 0.466 e. The third kappa shape index (κ3) is 20.5. The molecule has 30 heavy (non-hydrogen) atoms. The molecule has 0 amide bonds. The van der Waals surface area contributed by atoms with E-state index < -0.39 is 0 Å². The third-order valence-corrected chi connectivity index (χ3v) is 5.30. The van der Waals surface area contributed by atoms with Gasteiger partial charge in [-0.2, -0.15) is 0 Å². The predicted molar refractivity (Wildman–Crippen MR) is 125 cm³/mol. The van der Waals surface area contributed by atoms with Crippen LogP contribution in [0.25, 0.3) is 0 Å². The van der Waals surface area contributed by atoms with Crippen molar-refractivity contribution < 1.29 is 19.1 Å². The molecule has 178 valence electrons. The predicted octanol–water partition coefficient (Wildman–Crippen LogP) is 6.11. The lowest BCUT2D eigenvalue weighted by Gasteiger charge is -2.21. The molecule has 0 aliphatic rings. The van der Waals surface area contributed by atoms with E-state index in [4.69, 9.17) is 21.1 Å². The van der Waals surface area contributed by atoms with E-state index in [-0.39, 0.29) is 11.9 Å². The minimum atomic E-state index is -0.0624. The monoisotopic (exact) mass is 447 g/mol. The van der Waals surface area contributed by atoms with Gasteiger partial charge in [0, 0.05) is 25.3 Å². The number of carbonyl (C=O) groups is 2. The summed E-state index contributed by atoms with van der Waals surface area (Å²) in [6.45, 7) is 8.32. The van der Waals surface area contributed by atoms with Crippen LogP contribution in [-0.4, -0.2) is 55.6 Å². The lowest BCUT2D eigenvalue weighted by Crippen LogP contribution is -2.28. The molecule has 5 nitrogen and oxygen atoms in total. The van der Waals surface area contributed by atoms with Crippen LogP contribution >= 0.6 is 11.6 Å². The van der Waals surface area contributed by atoms with Crippen LogP contribution in [0.4, 0.5) is 0 Å². The molecule has 6 heteroatoms. The Morgan fingerprint density at radius 3 is 1.50 bits per heavy atom. The first-order valence-corrected chi connectivity index (χ1v) is 12.8. The van der Waals surface area contributed by atoms with Crippen LogP contribution < -0.4 is 0 Å². The van der Waals surface area contributed by atoms with Gasteiger partial charge in [-0.3, -0.25) is 9.59 Å². The average Bonchev–Trinajstić information content (AvgIpc) is 2.73. The van der Waals surface area contributed by atoms with E-state index >= 15 is 0 Å². The summed E-state index contributed by atoms with van der Waals surface area (Å²) in [7, 11) is 0. The molecule has 0 atom stereocenters. The smallest absolute Gasteiger partial charge is 0.305 e. The summed E-state index contributed by atoms with van der Waals surface area (Å²) >= 11 is 5.94. The molecule has 0 spiro atoms. The van der Waals surface area contributed by atoms with Crippen molar-refractivity contribution in [3.63, 3.8) is 0 Å². The van der Waals surface area contributed by atoms with Crippen molar-refractivity contribution in [2.45, 2.75) is 104 Å². The standard InChI is InChI=1S/C24H46ClNO4/c1-3-5-13-21-29-23(27)15-9-7-11-18-26(20-17-25)19-12-8-10-16-24(28)30-22-14-6-4-2/h3-22H2,1-2H3. The second-order valence-corrected chi connectivity index (χ2v) is 8.39. The molecule has 0 saturated carbocycles. The highest BCUT2D eigenvalue weighted by Gasteiger charge is 2.07. The Labute approximate surface area is 190 Å². The molecule has 0 fully saturated rings. The molecule has 0 aliphatic carbocycles. The maximum Gasteiger partial charge on any atom is 0.305 e. The van der Waals surface area contributed by atoms with Crippen molar-refractivity contribution in [1.82, 2.24) is 4.90 Å². The Kier molecular flexibility index (Phi) is 22.2. The van der Waals surface area contributed by atoms with E-state index in [0.717, 1.165) is 96.7 Å². The maximum absolute atomic E-state index is 11.7. The van der Waals surface area contributed by atoms with E-state index in [1.54, 1.807) is 0 Å². The van der Waals surface area contributed by atoms with Crippen LogP contribution in [-0.2, 0) is 19.1 Å². The summed E-state index contributed by atoms with van der Waals surface area (Å²) < 4.78 is 10.5. The van der Waals surface area contributed by atoms with E-state index in [1.165, 1.54) is 0 Å². The number of alkyl halides is 1. The number of unbranched alkanes of at least 4 members (excludes halogenated alkanes) is 8. The molecule has 0 radical (unpaired) electrons. The zero-order chi connectivity index (χ0) is 22.3. The van der Waals surface area contributed by atoms with Crippen LogP contribution in [0, 0.1) is 0 Å². The first-order valence-electron chi connectivity index (χ1n) is 12.2. The fourth-order valence-electron chi connectivity index (χ4n) is 3.24. The topological polar surface area (TPSA) is 55.8 Å². The first-order chi connectivity index (χ1) is 14.6. The van der Waals surface area contributed by atoms with Gasteiger partial charge in [0.25, 0.3) is 0 Å². The maximum atomic E-state index is 11.7. The highest BCUT2D eigenvalue weighted by molar-refractivity contribution is 6.18. The number of carbonyl (C=O) groups excluding carboxylic acids is 2. The third-order valence-electron chi connectivity index (χ3n) is 5.13. The van der Waals surface area contributed by atoms with Crippen molar-refractivity contribution in [3.05, 3.63) is 0 Å². The molecule has 0 aliphatic heterocycles. The van der Waals surface area contributed by atoms with Gasteiger partial charge < -0.3 is 14.4 Å². The van der Waals surface area contributed by atoms with Gasteiger partial charge in [0.05, 0.1) is 13.2 Å². The molecule has 0 bridgehead atoms. The van der Waals surface area contributed by atoms with Gasteiger partial charge in [0.1, 0.15) is 0 Å². The minimum absolute atomic E-state index is 0.0624. The Morgan fingerprint density at radius 2 is 1.10 bits per heavy atom. The second-order valence-electron chi connectivity index (χ2n) is 8.01. The molecule has 0 aromatic carbocycles. The number of rotatable bonds is 22. The van der Waals surface area contributed by atoms with Crippen molar-refractivity contribution in [3.8, 4) is 0 Å². The first kappa shape index (κ1) is 29.2. The van der Waals surface area contributed by atoms with Gasteiger partial charge in [0.2, 0.25) is 0 Å². The number of hydrogen-bond acceptors (Lipinski definition) is 5. The summed E-state index contributed by atoms with van der Waals surface area (Å²) in [5, 5.41) is 0. The Balaban J connectivity index is 3.66. The van der Waals surface area contributed by atoms with Gasteiger partial charge in [-0.15, -0.1) is 11.6 Å². The van der Waals surface area contributed by atoms with Crippen LogP contribution in [0.5, 0.6) is 0 Å². The normalized spacial score (nSPS) is 11.1. The summed E-state index contributed by atoms with van der Waals surface area (Å²) in [4.78, 5) is 25.7. The minimum Gasteiger partial charge on any atom is -0.466 e. The zero-order valence-electron chi connectivity index (χ0n) is 19.6. The Morgan fingerprint density at radius 1 is 0.633 bits per heavy atom. The van der Waals surface area contributed by atoms with E-state index in [2.05, 4.69) is 18.7 Å². The number of esters is 2. The van der Waals surface area contributed by atoms with E-state index in [0.29, 0.717) is 31.9 Å². The van der Waals surface area contributed by atoms with Crippen molar-refractivity contribution >= 4 is 23.5 Å². The summed E-state index contributed by atoms with van der Waals surface area (Å²) in [5.41, 5.74) is 0. The van der Waals surface area contributed by atoms with E-state index in [1.807, 2.05) is 0 Å². The number of hydrogen-bond donors (Lipinski definition) is 0. The fraction of sp³-hybridized carbons (Fsp3) is 0.917. The molecular formula is C24H46ClNO4. The zero-order valence-corrected chi connectivity index (χ0v) is 20.4. The fourth-order valence-corrected chi connectivity index (χ4v) is 3.48. The molecule has 0 aromatic heterocycles. The van der Waals surface area contributed by atoms with Crippen LogP contribution in [0.2, 0.25) is 0 Å². The van der Waals surface area contributed by atoms with Crippen LogP contribution in [0.1, 0.15) is 104 Å². The number of halogens is 1. The van der Waals surface area contributed by atoms with Crippen molar-refractivity contribution in [1.29, 1.82) is 0 Å². The van der Waals surface area contributed by atoms with Gasteiger partial charge in [-0.05, 0) is 51.6 Å². The van der Waals surface area contributed by atoms with Crippen molar-refractivity contribution in [2.75, 3.05) is 38.7 Å². The Bertz CT molecular complexity index is 373. The number of ether oxygens (including phenoxy) is 2. The molecule has 0 heterocycles. The van der Waals surface area contributed by atoms with E-state index in [9.17, 15) is 9.59 Å². The SMILES string of the molecule is CCCCCOC(=O)CCCCCN(CCCl)CCCCCC(=O)OCCCCC. The second kappa shape index (κ2) is 22.9. The van der Waals surface area contributed by atoms with Gasteiger partial charge in [0.15, 0.2) is 0 Å². The lowest BCUT2D eigenvalue weighted by atomic mass is 10.1. The summed E-state index contributed by atoms with van der Waals surface area (Å²) in [6.07, 6.45) is 13.5. The average molecular weight is 448 g/mol. The highest BCUT2D eigenvalue weighted by Crippen LogP contribution is 2.08. The quantitative estimate of drug-likeness (QED) is 0.114. The molecule has 0 aromatic rings. The van der Waals surface area contributed by atoms with Crippen LogP contribution in [0.15, 0.2) is 0 Å². The summed E-state index contributed by atoms with van der Waals surface area (Å²) in [6, 6.07) is 0. The van der Waals surface area contributed by atoms with Crippen LogP contribution in [0.3, 0.4) is 0 Å². The molecule has 0 saturated heterocycles. The molecular weight excluding hydrogens is 402 g/mol. The van der Waals surface area contributed by atoms with Crippen molar-refractivity contribution in [2.24, 2.45) is 0 Å². The Hall–Kier alpha value is -0.810. The summed E-state index contributed by atoms with van der Waals surface area (Å²) in [5.74, 6) is 0.508. The van der Waals surface area contributed by atoms with Gasteiger partial charge >= 0.3 is 11.9 Å². The van der Waals surface area contributed by atoms with Gasteiger partial charge in [-0.1, -0.05) is 52.4 Å². The molecule has 0 N–H and O–H groups in total. The lowest BCUT2D eigenvalue weighted by molar-refractivity contribution is -0.144. The number of nitrogens with zero attached hydrogens (tertiary/aromatic N) is 1. The highest BCUT2D eigenvalue weighted by atomic mass is 35.5. The molecule has 0 unspecified atom stereocenters. The van der Waals surface area contributed by atoms with Gasteiger partial charge in [-0.25, -0.2) is 0 Å². The molecule has 0 rings (SSSR count).